The molecule has 0 saturated carbocycles. The second kappa shape index (κ2) is 5.45. The molecule has 2 rings (SSSR count). The smallest absolute Gasteiger partial charge is 0.251 e. The van der Waals surface area contributed by atoms with E-state index < -0.39 is 0 Å². The molecule has 0 saturated heterocycles. The molecule has 0 unspecified atom stereocenters. The lowest BCUT2D eigenvalue weighted by molar-refractivity contribution is 0.0950. The first-order valence-electron chi connectivity index (χ1n) is 5.09. The van der Waals surface area contributed by atoms with E-state index in [1.54, 1.807) is 36.9 Å². The van der Waals surface area contributed by atoms with Crippen molar-refractivity contribution in [3.05, 3.63) is 46.4 Å². The summed E-state index contributed by atoms with van der Waals surface area (Å²) in [6.45, 7) is 0.453. The summed E-state index contributed by atoms with van der Waals surface area (Å²) in [5, 5.41) is 4.71. The highest BCUT2D eigenvalue weighted by Crippen LogP contribution is 2.11. The van der Waals surface area contributed by atoms with Gasteiger partial charge in [0.15, 0.2) is 0 Å². The van der Waals surface area contributed by atoms with Gasteiger partial charge in [-0.2, -0.15) is 0 Å². The second-order valence-electron chi connectivity index (χ2n) is 3.39. The first-order chi connectivity index (χ1) is 8.29. The summed E-state index contributed by atoms with van der Waals surface area (Å²) >= 11 is 1.51. The van der Waals surface area contributed by atoms with Crippen molar-refractivity contribution >= 4 is 17.2 Å². The number of carbonyl (C=O) groups is 1. The van der Waals surface area contributed by atoms with Crippen molar-refractivity contribution in [2.75, 3.05) is 7.11 Å². The molecule has 88 valence electrons. The minimum atomic E-state index is -0.111. The maximum Gasteiger partial charge on any atom is 0.251 e. The largest absolute Gasteiger partial charge is 0.497 e. The van der Waals surface area contributed by atoms with Crippen LogP contribution in [0, 0.1) is 0 Å². The van der Waals surface area contributed by atoms with Crippen LogP contribution in [0.2, 0.25) is 0 Å². The lowest BCUT2D eigenvalue weighted by Gasteiger charge is -2.04. The van der Waals surface area contributed by atoms with E-state index in [1.165, 1.54) is 11.3 Å². The summed E-state index contributed by atoms with van der Waals surface area (Å²) in [7, 11) is 1.59. The van der Waals surface area contributed by atoms with Crippen molar-refractivity contribution in [3.63, 3.8) is 0 Å². The Morgan fingerprint density at radius 1 is 1.41 bits per heavy atom. The van der Waals surface area contributed by atoms with Gasteiger partial charge >= 0.3 is 0 Å². The molecule has 0 spiro atoms. The van der Waals surface area contributed by atoms with Crippen molar-refractivity contribution in [1.29, 1.82) is 0 Å². The average molecular weight is 248 g/mol. The van der Waals surface area contributed by atoms with Crippen molar-refractivity contribution in [3.8, 4) is 5.75 Å². The van der Waals surface area contributed by atoms with Crippen LogP contribution in [0.15, 0.2) is 35.2 Å². The molecule has 1 amide bonds. The molecule has 1 N–H and O–H groups in total. The third-order valence-corrected chi connectivity index (χ3v) is 2.90. The highest BCUT2D eigenvalue weighted by molar-refractivity contribution is 7.07. The SMILES string of the molecule is COc1ccc(C(=O)NCc2cscn2)cc1. The lowest BCUT2D eigenvalue weighted by Crippen LogP contribution is -2.22. The number of amides is 1. The number of nitrogens with zero attached hydrogens (tertiary/aromatic N) is 1. The number of nitrogens with one attached hydrogen (secondary N) is 1. The van der Waals surface area contributed by atoms with Gasteiger partial charge in [0, 0.05) is 10.9 Å². The van der Waals surface area contributed by atoms with Gasteiger partial charge in [0.1, 0.15) is 5.75 Å². The number of carbonyl (C=O) groups excluding carboxylic acids is 1. The zero-order valence-corrected chi connectivity index (χ0v) is 10.2. The molecule has 4 nitrogen and oxygen atoms in total. The predicted molar refractivity (Wildman–Crippen MR) is 66.3 cm³/mol. The number of benzene rings is 1. The molecule has 0 bridgehead atoms. The Labute approximate surface area is 103 Å². The fraction of sp³-hybridized carbons (Fsp3) is 0.167. The number of ether oxygens (including phenoxy) is 1. The van der Waals surface area contributed by atoms with Crippen molar-refractivity contribution < 1.29 is 9.53 Å². The number of thiazole rings is 1. The van der Waals surface area contributed by atoms with Crippen LogP contribution in [0.4, 0.5) is 0 Å². The summed E-state index contributed by atoms with van der Waals surface area (Å²) in [6.07, 6.45) is 0. The number of hydrogen-bond acceptors (Lipinski definition) is 4. The summed E-state index contributed by atoms with van der Waals surface area (Å²) in [4.78, 5) is 15.9. The van der Waals surface area contributed by atoms with Gasteiger partial charge in [0.25, 0.3) is 5.91 Å². The topological polar surface area (TPSA) is 51.2 Å². The van der Waals surface area contributed by atoms with E-state index in [-0.39, 0.29) is 5.91 Å². The number of rotatable bonds is 4. The first kappa shape index (κ1) is 11.6. The van der Waals surface area contributed by atoms with E-state index in [0.29, 0.717) is 12.1 Å². The quantitative estimate of drug-likeness (QED) is 0.901. The van der Waals surface area contributed by atoms with Gasteiger partial charge < -0.3 is 10.1 Å². The normalized spacial score (nSPS) is 9.94. The molecule has 1 aromatic carbocycles. The highest BCUT2D eigenvalue weighted by atomic mass is 32.1. The summed E-state index contributed by atoms with van der Waals surface area (Å²) in [6, 6.07) is 6.99. The molecule has 1 heterocycles. The zero-order valence-electron chi connectivity index (χ0n) is 9.34. The zero-order chi connectivity index (χ0) is 12.1. The Morgan fingerprint density at radius 2 is 2.18 bits per heavy atom. The minimum absolute atomic E-state index is 0.111. The molecule has 17 heavy (non-hydrogen) atoms. The minimum Gasteiger partial charge on any atom is -0.497 e. The standard InChI is InChI=1S/C12H12N2O2S/c1-16-11-4-2-9(3-5-11)12(15)13-6-10-7-17-8-14-10/h2-5,7-8H,6H2,1H3,(H,13,15). The molecule has 0 aliphatic heterocycles. The molecule has 5 heteroatoms. The van der Waals surface area contributed by atoms with Gasteiger partial charge in [0.05, 0.1) is 24.9 Å². The van der Waals surface area contributed by atoms with E-state index in [4.69, 9.17) is 4.74 Å². The molecule has 0 aliphatic rings. The van der Waals surface area contributed by atoms with Gasteiger partial charge in [-0.05, 0) is 24.3 Å². The van der Waals surface area contributed by atoms with Gasteiger partial charge in [-0.15, -0.1) is 11.3 Å². The van der Waals surface area contributed by atoms with Crippen LogP contribution in [-0.2, 0) is 6.54 Å². The summed E-state index contributed by atoms with van der Waals surface area (Å²) in [5.41, 5.74) is 3.23. The molecule has 0 atom stereocenters. The number of methoxy groups -OCH3 is 1. The van der Waals surface area contributed by atoms with Crippen molar-refractivity contribution in [2.24, 2.45) is 0 Å². The first-order valence-corrected chi connectivity index (χ1v) is 6.03. The molecule has 1 aromatic heterocycles. The molecule has 0 radical (unpaired) electrons. The van der Waals surface area contributed by atoms with E-state index in [0.717, 1.165) is 11.4 Å². The molecule has 0 aliphatic carbocycles. The monoisotopic (exact) mass is 248 g/mol. The average Bonchev–Trinajstić information content (AvgIpc) is 2.89. The van der Waals surface area contributed by atoms with Gasteiger partial charge in [0.2, 0.25) is 0 Å². The van der Waals surface area contributed by atoms with E-state index in [1.807, 2.05) is 5.38 Å². The van der Waals surface area contributed by atoms with Crippen LogP contribution in [-0.4, -0.2) is 18.0 Å². The van der Waals surface area contributed by atoms with E-state index in [9.17, 15) is 4.79 Å². The third kappa shape index (κ3) is 3.04. The van der Waals surface area contributed by atoms with Gasteiger partial charge in [-0.1, -0.05) is 0 Å². The molecule has 0 fully saturated rings. The maximum atomic E-state index is 11.8. The number of hydrogen-bond donors (Lipinski definition) is 1. The van der Waals surface area contributed by atoms with Crippen molar-refractivity contribution in [1.82, 2.24) is 10.3 Å². The summed E-state index contributed by atoms with van der Waals surface area (Å²) < 4.78 is 5.03. The predicted octanol–water partition coefficient (Wildman–Crippen LogP) is 2.08. The Balaban J connectivity index is 1.95. The Hall–Kier alpha value is -1.88. The van der Waals surface area contributed by atoms with Crippen LogP contribution < -0.4 is 10.1 Å². The maximum absolute atomic E-state index is 11.8. The van der Waals surface area contributed by atoms with Crippen LogP contribution in [0.25, 0.3) is 0 Å². The number of aromatic nitrogens is 1. The van der Waals surface area contributed by atoms with Crippen LogP contribution in [0.3, 0.4) is 0 Å². The molecular weight excluding hydrogens is 236 g/mol. The molecular formula is C12H12N2O2S. The van der Waals surface area contributed by atoms with E-state index in [2.05, 4.69) is 10.3 Å². The third-order valence-electron chi connectivity index (χ3n) is 2.27. The summed E-state index contributed by atoms with van der Waals surface area (Å²) in [5.74, 6) is 0.627. The molecule has 2 aromatic rings. The Morgan fingerprint density at radius 3 is 2.76 bits per heavy atom. The van der Waals surface area contributed by atoms with Crippen molar-refractivity contribution in [2.45, 2.75) is 6.54 Å². The van der Waals surface area contributed by atoms with E-state index >= 15 is 0 Å². The lowest BCUT2D eigenvalue weighted by atomic mass is 10.2. The van der Waals surface area contributed by atoms with Gasteiger partial charge in [-0.3, -0.25) is 4.79 Å². The second-order valence-corrected chi connectivity index (χ2v) is 4.11. The highest BCUT2D eigenvalue weighted by Gasteiger charge is 2.05. The fourth-order valence-electron chi connectivity index (χ4n) is 1.34. The van der Waals surface area contributed by atoms with Crippen LogP contribution >= 0.6 is 11.3 Å². The Kier molecular flexibility index (Phi) is 3.72. The van der Waals surface area contributed by atoms with Crippen LogP contribution in [0.1, 0.15) is 16.1 Å². The van der Waals surface area contributed by atoms with Gasteiger partial charge in [-0.25, -0.2) is 4.98 Å². The Bertz CT molecular complexity index is 480. The fourth-order valence-corrected chi connectivity index (χ4v) is 1.90. The van der Waals surface area contributed by atoms with Crippen LogP contribution in [0.5, 0.6) is 5.75 Å².